The molecule has 0 radical (unpaired) electrons. The van der Waals surface area contributed by atoms with Crippen LogP contribution in [0.25, 0.3) is 0 Å². The van der Waals surface area contributed by atoms with Gasteiger partial charge in [0.15, 0.2) is 5.79 Å². The summed E-state index contributed by atoms with van der Waals surface area (Å²) in [5, 5.41) is 19.8. The molecule has 2 heteroatoms. The fourth-order valence-electron chi connectivity index (χ4n) is 1.88. The molecule has 0 fully saturated rings. The average Bonchev–Trinajstić information content (AvgIpc) is 2.20. The van der Waals surface area contributed by atoms with Crippen LogP contribution in [0.15, 0.2) is 0 Å². The first-order valence-corrected chi connectivity index (χ1v) is 7.26. The van der Waals surface area contributed by atoms with Crippen LogP contribution in [-0.2, 0) is 0 Å². The molecule has 0 rings (SSSR count). The summed E-state index contributed by atoms with van der Waals surface area (Å²) in [6.07, 6.45) is 10.4. The highest BCUT2D eigenvalue weighted by Gasteiger charge is 2.36. The molecule has 0 amide bonds. The molecule has 104 valence electrons. The molecule has 0 saturated heterocycles. The van der Waals surface area contributed by atoms with Crippen LogP contribution in [0, 0.1) is 5.41 Å². The molecule has 0 unspecified atom stereocenters. The lowest BCUT2D eigenvalue weighted by molar-refractivity contribution is -0.232. The zero-order chi connectivity index (χ0) is 13.4. The van der Waals surface area contributed by atoms with Crippen LogP contribution in [-0.4, -0.2) is 16.0 Å². The molecule has 17 heavy (non-hydrogen) atoms. The van der Waals surface area contributed by atoms with Crippen LogP contribution in [0.2, 0.25) is 0 Å². The Labute approximate surface area is 107 Å². The van der Waals surface area contributed by atoms with Crippen molar-refractivity contribution < 1.29 is 10.2 Å². The molecular weight excluding hydrogens is 212 g/mol. The molecule has 0 spiro atoms. The smallest absolute Gasteiger partial charge is 0.167 e. The van der Waals surface area contributed by atoms with E-state index in [-0.39, 0.29) is 0 Å². The van der Waals surface area contributed by atoms with Gasteiger partial charge in [-0.15, -0.1) is 0 Å². The van der Waals surface area contributed by atoms with Crippen molar-refractivity contribution in [2.45, 2.75) is 91.3 Å². The minimum atomic E-state index is -1.52. The van der Waals surface area contributed by atoms with E-state index < -0.39 is 11.2 Å². The van der Waals surface area contributed by atoms with Gasteiger partial charge >= 0.3 is 0 Å². The fourth-order valence-corrected chi connectivity index (χ4v) is 1.88. The van der Waals surface area contributed by atoms with Crippen molar-refractivity contribution in [1.82, 2.24) is 0 Å². The van der Waals surface area contributed by atoms with E-state index in [1.54, 1.807) is 0 Å². The maximum atomic E-state index is 9.88. The molecule has 0 aromatic rings. The van der Waals surface area contributed by atoms with E-state index in [0.717, 1.165) is 12.8 Å². The molecule has 0 aliphatic carbocycles. The standard InChI is InChI=1S/C15H32O2/c1-5-6-7-8-9-10-11-12-13-15(16,17)14(2,3)4/h16-17H,5-13H2,1-4H3. The first-order chi connectivity index (χ1) is 7.81. The van der Waals surface area contributed by atoms with Crippen LogP contribution < -0.4 is 0 Å². The van der Waals surface area contributed by atoms with Crippen LogP contribution in [0.1, 0.15) is 85.5 Å². The largest absolute Gasteiger partial charge is 0.365 e. The van der Waals surface area contributed by atoms with Crippen LogP contribution in [0.5, 0.6) is 0 Å². The second-order valence-corrected chi connectivity index (χ2v) is 6.29. The lowest BCUT2D eigenvalue weighted by Crippen LogP contribution is -2.42. The molecule has 0 aliphatic heterocycles. The average molecular weight is 244 g/mol. The van der Waals surface area contributed by atoms with E-state index in [4.69, 9.17) is 0 Å². The summed E-state index contributed by atoms with van der Waals surface area (Å²) in [7, 11) is 0. The van der Waals surface area contributed by atoms with Crippen molar-refractivity contribution in [3.63, 3.8) is 0 Å². The van der Waals surface area contributed by atoms with Gasteiger partial charge < -0.3 is 10.2 Å². The Balaban J connectivity index is 3.46. The Morgan fingerprint density at radius 3 is 1.53 bits per heavy atom. The van der Waals surface area contributed by atoms with Crippen molar-refractivity contribution >= 4 is 0 Å². The topological polar surface area (TPSA) is 40.5 Å². The van der Waals surface area contributed by atoms with Crippen molar-refractivity contribution in [1.29, 1.82) is 0 Å². The third-order valence-electron chi connectivity index (χ3n) is 3.58. The quantitative estimate of drug-likeness (QED) is 0.470. The molecule has 0 heterocycles. The van der Waals surface area contributed by atoms with Gasteiger partial charge in [0.2, 0.25) is 0 Å². The third-order valence-corrected chi connectivity index (χ3v) is 3.58. The van der Waals surface area contributed by atoms with Gasteiger partial charge in [-0.25, -0.2) is 0 Å². The predicted octanol–water partition coefficient (Wildman–Crippen LogP) is 4.24. The van der Waals surface area contributed by atoms with Gasteiger partial charge in [0.05, 0.1) is 0 Å². The Kier molecular flexibility index (Phi) is 8.06. The Hall–Kier alpha value is -0.0800. The van der Waals surface area contributed by atoms with Gasteiger partial charge in [-0.3, -0.25) is 0 Å². The highest BCUT2D eigenvalue weighted by Crippen LogP contribution is 2.32. The molecule has 0 bridgehead atoms. The number of aliphatic hydroxyl groups is 2. The van der Waals surface area contributed by atoms with Crippen LogP contribution in [0.3, 0.4) is 0 Å². The van der Waals surface area contributed by atoms with E-state index in [1.165, 1.54) is 38.5 Å². The van der Waals surface area contributed by atoms with E-state index in [9.17, 15) is 10.2 Å². The zero-order valence-electron chi connectivity index (χ0n) is 12.3. The maximum absolute atomic E-state index is 9.88. The summed E-state index contributed by atoms with van der Waals surface area (Å²) in [6.45, 7) is 7.85. The minimum absolute atomic E-state index is 0.450. The van der Waals surface area contributed by atoms with E-state index >= 15 is 0 Å². The lowest BCUT2D eigenvalue weighted by Gasteiger charge is -2.35. The Morgan fingerprint density at radius 2 is 1.12 bits per heavy atom. The van der Waals surface area contributed by atoms with Crippen molar-refractivity contribution in [3.8, 4) is 0 Å². The molecule has 0 atom stereocenters. The monoisotopic (exact) mass is 244 g/mol. The molecule has 0 aromatic carbocycles. The molecule has 0 aliphatic rings. The van der Waals surface area contributed by atoms with Gasteiger partial charge in [-0.2, -0.15) is 0 Å². The van der Waals surface area contributed by atoms with Gasteiger partial charge in [-0.05, 0) is 6.42 Å². The number of rotatable bonds is 9. The zero-order valence-corrected chi connectivity index (χ0v) is 12.3. The van der Waals surface area contributed by atoms with Crippen molar-refractivity contribution in [2.75, 3.05) is 0 Å². The summed E-state index contributed by atoms with van der Waals surface area (Å²) in [4.78, 5) is 0. The Bertz CT molecular complexity index is 180. The van der Waals surface area contributed by atoms with Gasteiger partial charge in [0, 0.05) is 11.8 Å². The van der Waals surface area contributed by atoms with Crippen molar-refractivity contribution in [2.24, 2.45) is 5.41 Å². The molecule has 2 N–H and O–H groups in total. The van der Waals surface area contributed by atoms with Crippen LogP contribution >= 0.6 is 0 Å². The molecule has 0 saturated carbocycles. The van der Waals surface area contributed by atoms with Gasteiger partial charge in [-0.1, -0.05) is 72.6 Å². The second kappa shape index (κ2) is 8.10. The van der Waals surface area contributed by atoms with E-state index in [1.807, 2.05) is 20.8 Å². The highest BCUT2D eigenvalue weighted by atomic mass is 16.5. The van der Waals surface area contributed by atoms with Crippen molar-refractivity contribution in [3.05, 3.63) is 0 Å². The second-order valence-electron chi connectivity index (χ2n) is 6.29. The number of hydrogen-bond donors (Lipinski definition) is 2. The fraction of sp³-hybridized carbons (Fsp3) is 1.00. The summed E-state index contributed by atoms with van der Waals surface area (Å²) >= 11 is 0. The summed E-state index contributed by atoms with van der Waals surface area (Å²) in [5.74, 6) is -1.52. The highest BCUT2D eigenvalue weighted by molar-refractivity contribution is 4.79. The molecular formula is C15H32O2. The normalized spacial score (nSPS) is 13.1. The minimum Gasteiger partial charge on any atom is -0.365 e. The summed E-state index contributed by atoms with van der Waals surface area (Å²) < 4.78 is 0. The first kappa shape index (κ1) is 16.9. The SMILES string of the molecule is CCCCCCCCCCC(O)(O)C(C)(C)C. The predicted molar refractivity (Wildman–Crippen MR) is 73.9 cm³/mol. The first-order valence-electron chi connectivity index (χ1n) is 7.26. The summed E-state index contributed by atoms with van der Waals surface area (Å²) in [5.41, 5.74) is -0.450. The number of hydrogen-bond acceptors (Lipinski definition) is 2. The van der Waals surface area contributed by atoms with E-state index in [0.29, 0.717) is 6.42 Å². The Morgan fingerprint density at radius 1 is 0.706 bits per heavy atom. The molecule has 0 aromatic heterocycles. The third kappa shape index (κ3) is 7.77. The maximum Gasteiger partial charge on any atom is 0.167 e. The van der Waals surface area contributed by atoms with E-state index in [2.05, 4.69) is 6.92 Å². The lowest BCUT2D eigenvalue weighted by atomic mass is 9.82. The van der Waals surface area contributed by atoms with Gasteiger partial charge in [0.1, 0.15) is 0 Å². The summed E-state index contributed by atoms with van der Waals surface area (Å²) in [6, 6.07) is 0. The van der Waals surface area contributed by atoms with Gasteiger partial charge in [0.25, 0.3) is 0 Å². The van der Waals surface area contributed by atoms with Crippen LogP contribution in [0.4, 0.5) is 0 Å². The molecule has 2 nitrogen and oxygen atoms in total. The number of unbranched alkanes of at least 4 members (excludes halogenated alkanes) is 7.